The van der Waals surface area contributed by atoms with Crippen LogP contribution in [0.2, 0.25) is 0 Å². The molecule has 6 atom stereocenters. The molecule has 100 heavy (non-hydrogen) atoms. The number of urea groups is 1. The average Bonchev–Trinajstić information content (AvgIpc) is 1.65. The van der Waals surface area contributed by atoms with Crippen LogP contribution in [0.25, 0.3) is 0 Å². The summed E-state index contributed by atoms with van der Waals surface area (Å²) in [6.45, 7) is 25.3. The zero-order valence-corrected chi connectivity index (χ0v) is 59.5. The summed E-state index contributed by atoms with van der Waals surface area (Å²) in [4.78, 5) is 197. The van der Waals surface area contributed by atoms with Gasteiger partial charge in [0.1, 0.15) is 30.8 Å². The van der Waals surface area contributed by atoms with E-state index in [1.54, 1.807) is 52.0 Å². The molecule has 4 heterocycles. The van der Waals surface area contributed by atoms with Gasteiger partial charge < -0.3 is 53.0 Å². The van der Waals surface area contributed by atoms with Gasteiger partial charge in [0.2, 0.25) is 17.7 Å². The highest BCUT2D eigenvalue weighted by molar-refractivity contribution is 6.17. The van der Waals surface area contributed by atoms with Crippen molar-refractivity contribution in [1.82, 2.24) is 51.1 Å². The molecule has 0 saturated heterocycles. The molecule has 0 saturated carbocycles. The second-order valence-electron chi connectivity index (χ2n) is 25.6. The van der Waals surface area contributed by atoms with E-state index in [1.165, 1.54) is 57.2 Å². The maximum atomic E-state index is 13.4. The number of ether oxygens (including phenoxy) is 1. The molecule has 10 N–H and O–H groups in total. The fourth-order valence-electron chi connectivity index (χ4n) is 9.88. The number of hydrogen-bond acceptors (Lipinski definition) is 21. The third kappa shape index (κ3) is 30.1. The van der Waals surface area contributed by atoms with Crippen molar-refractivity contribution in [2.75, 3.05) is 45.1 Å². The fourth-order valence-corrected chi connectivity index (χ4v) is 9.88. The molecule has 0 spiro atoms. The van der Waals surface area contributed by atoms with Crippen molar-refractivity contribution in [1.29, 1.82) is 0 Å². The van der Waals surface area contributed by atoms with Crippen molar-refractivity contribution < 1.29 is 81.4 Å². The Bertz CT molecular complexity index is 3100. The van der Waals surface area contributed by atoms with E-state index in [2.05, 4.69) is 71.5 Å². The van der Waals surface area contributed by atoms with E-state index in [4.69, 9.17) is 16.2 Å². The Balaban J connectivity index is 0.000000739. The molecule has 30 heteroatoms. The Hall–Kier alpha value is -9.26. The predicted molar refractivity (Wildman–Crippen MR) is 374 cm³/mol. The van der Waals surface area contributed by atoms with E-state index in [1.807, 2.05) is 13.8 Å². The van der Waals surface area contributed by atoms with Gasteiger partial charge in [0.25, 0.3) is 47.3 Å². The normalized spacial score (nSPS) is 15.7. The Labute approximate surface area is 587 Å². The smallest absolute Gasteiger partial charge is 0.312 e. The first-order valence-electron chi connectivity index (χ1n) is 33.3. The van der Waals surface area contributed by atoms with Gasteiger partial charge in [0, 0.05) is 92.1 Å². The van der Waals surface area contributed by atoms with Gasteiger partial charge in [-0.15, -0.1) is 0 Å². The first-order chi connectivity index (χ1) is 46.4. The first-order valence-corrected chi connectivity index (χ1v) is 33.3. The number of esters is 1. The van der Waals surface area contributed by atoms with E-state index in [-0.39, 0.29) is 98.9 Å². The molecule has 0 aliphatic carbocycles. The number of carbonyl (C=O) groups excluding carboxylic acids is 16. The Kier molecular flexibility index (Phi) is 39.7. The molecule has 0 radical (unpaired) electrons. The molecule has 5 rings (SSSR count). The summed E-state index contributed by atoms with van der Waals surface area (Å²) in [6.07, 6.45) is 14.3. The number of anilines is 1. The zero-order chi connectivity index (χ0) is 75.0. The second-order valence-corrected chi connectivity index (χ2v) is 25.6. The number of benzene rings is 1. The van der Waals surface area contributed by atoms with Crippen LogP contribution in [0.3, 0.4) is 0 Å². The lowest BCUT2D eigenvalue weighted by Gasteiger charge is -2.29. The molecular formula is C70H107N13O17. The van der Waals surface area contributed by atoms with Gasteiger partial charge in [0.15, 0.2) is 17.3 Å². The molecule has 4 aliphatic heterocycles. The van der Waals surface area contributed by atoms with Gasteiger partial charge in [0.05, 0.1) is 18.0 Å². The van der Waals surface area contributed by atoms with E-state index in [9.17, 15) is 76.7 Å². The van der Waals surface area contributed by atoms with Crippen molar-refractivity contribution in [2.24, 2.45) is 23.3 Å². The second kappa shape index (κ2) is 44.7. The number of rotatable bonds is 37. The molecule has 1 aromatic rings. The van der Waals surface area contributed by atoms with Gasteiger partial charge in [-0.1, -0.05) is 74.9 Å². The molecule has 13 amide bonds. The van der Waals surface area contributed by atoms with E-state index in [0.717, 1.165) is 65.6 Å². The SMILES string of the molecule is C.CC(=O)C(CCCCN(C)C(C)C)N1C(=O)C=CC1=O.CC(=O)C(CCCCNC(C)C)N1C(=O)C=CC1=O.CC(=O)C(CNC(C)C)N1C(=O)C=CC1=O.CC(C)C(=O)OCc1ccc(NC(=O)C(CCCNC(N)=O)NC(=O)C(NC(=O)C(CN)N2C(=O)C=CC2=O)C(C)C)cc1. The van der Waals surface area contributed by atoms with E-state index < -0.39 is 89.6 Å². The number of amides is 13. The lowest BCUT2D eigenvalue weighted by Crippen LogP contribution is -2.60. The molecule has 554 valence electrons. The maximum Gasteiger partial charge on any atom is 0.312 e. The highest BCUT2D eigenvalue weighted by atomic mass is 16.5. The highest BCUT2D eigenvalue weighted by Crippen LogP contribution is 2.20. The lowest BCUT2D eigenvalue weighted by molar-refractivity contribution is -0.149. The zero-order valence-electron chi connectivity index (χ0n) is 59.5. The van der Waals surface area contributed by atoms with Gasteiger partial charge >= 0.3 is 12.0 Å². The minimum atomic E-state index is -1.34. The largest absolute Gasteiger partial charge is 0.461 e. The van der Waals surface area contributed by atoms with Crippen LogP contribution in [-0.2, 0) is 83.3 Å². The number of Topliss-reactive ketones (excluding diaryl/α,β-unsaturated/α-hetero) is 3. The molecule has 0 fully saturated rings. The number of carbonyl (C=O) groups is 16. The van der Waals surface area contributed by atoms with Crippen LogP contribution in [-0.4, -0.2) is 213 Å². The average molecular weight is 1400 g/mol. The van der Waals surface area contributed by atoms with Gasteiger partial charge in [-0.2, -0.15) is 0 Å². The molecule has 6 unspecified atom stereocenters. The van der Waals surface area contributed by atoms with Crippen LogP contribution in [0.5, 0.6) is 0 Å². The van der Waals surface area contributed by atoms with Crippen LogP contribution in [0.15, 0.2) is 72.9 Å². The lowest BCUT2D eigenvalue weighted by atomic mass is 10.0. The molecule has 0 aromatic heterocycles. The van der Waals surface area contributed by atoms with E-state index >= 15 is 0 Å². The van der Waals surface area contributed by atoms with Crippen LogP contribution in [0.4, 0.5) is 10.5 Å². The highest BCUT2D eigenvalue weighted by Gasteiger charge is 2.39. The number of nitrogens with zero attached hydrogens (tertiary/aromatic N) is 5. The fraction of sp³-hybridized carbons (Fsp3) is 0.571. The first kappa shape index (κ1) is 88.8. The number of ketones is 3. The van der Waals surface area contributed by atoms with Crippen molar-refractivity contribution in [3.8, 4) is 0 Å². The molecule has 1 aromatic carbocycles. The summed E-state index contributed by atoms with van der Waals surface area (Å²) in [7, 11) is 2.06. The molecule has 30 nitrogen and oxygen atoms in total. The van der Waals surface area contributed by atoms with Gasteiger partial charge in [-0.3, -0.25) is 91.5 Å². The third-order valence-corrected chi connectivity index (χ3v) is 15.8. The Morgan fingerprint density at radius 1 is 0.500 bits per heavy atom. The minimum absolute atomic E-state index is 0. The summed E-state index contributed by atoms with van der Waals surface area (Å²) in [5.74, 6) is -7.35. The summed E-state index contributed by atoms with van der Waals surface area (Å²) in [5, 5.41) is 16.7. The predicted octanol–water partition coefficient (Wildman–Crippen LogP) is 2.57. The van der Waals surface area contributed by atoms with Gasteiger partial charge in [-0.05, 0) is 130 Å². The number of unbranched alkanes of at least 4 members (excludes halogenated alkanes) is 2. The number of nitrogens with two attached hydrogens (primary N) is 2. The summed E-state index contributed by atoms with van der Waals surface area (Å²) in [6, 6.07) is 1.46. The third-order valence-electron chi connectivity index (χ3n) is 15.8. The van der Waals surface area contributed by atoms with Crippen molar-refractivity contribution in [2.45, 2.75) is 210 Å². The van der Waals surface area contributed by atoms with Crippen molar-refractivity contribution in [3.63, 3.8) is 0 Å². The number of imide groups is 4. The van der Waals surface area contributed by atoms with Crippen LogP contribution < -0.4 is 43.4 Å². The summed E-state index contributed by atoms with van der Waals surface area (Å²) in [5.41, 5.74) is 11.9. The summed E-state index contributed by atoms with van der Waals surface area (Å²) < 4.78 is 5.21. The molecular weight excluding hydrogens is 1290 g/mol. The topological polar surface area (TPSA) is 423 Å². The quantitative estimate of drug-likeness (QED) is 0.0269. The maximum absolute atomic E-state index is 13.4. The minimum Gasteiger partial charge on any atom is -0.461 e. The van der Waals surface area contributed by atoms with Gasteiger partial charge in [-0.25, -0.2) is 4.79 Å². The van der Waals surface area contributed by atoms with E-state index in [0.29, 0.717) is 47.6 Å². The monoisotopic (exact) mass is 1400 g/mol. The summed E-state index contributed by atoms with van der Waals surface area (Å²) >= 11 is 0. The Morgan fingerprint density at radius 3 is 1.30 bits per heavy atom. The number of hydrogen-bond donors (Lipinski definition) is 8. The van der Waals surface area contributed by atoms with Crippen LogP contribution in [0.1, 0.15) is 154 Å². The van der Waals surface area contributed by atoms with Crippen molar-refractivity contribution >= 4 is 100 Å². The van der Waals surface area contributed by atoms with Crippen LogP contribution >= 0.6 is 0 Å². The molecule has 0 bridgehead atoms. The van der Waals surface area contributed by atoms with Crippen molar-refractivity contribution in [3.05, 3.63) is 78.4 Å². The number of nitrogens with one attached hydrogen (secondary N) is 6. The standard InChI is InChI=1S/C29H41N7O8.C15H24N2O3.C14H22N2O3.C11H16N2O3.CH4/c1-16(2)24(35-26(40)21(14-30)36-22(37)11-12-23(36)38)27(41)34-20(6-5-13-32-29(31)43)25(39)33-19-9-7-18(8-10-19)15-44-28(42)17(3)4;1-11(2)16(4)10-6-5-7-13(12(3)18)17-14(19)8-9-15(17)20;1-10(2)15-9-5-4-6-12(11(3)17)16-13(18)7-8-14(16)19;1-7(2)12-6-9(8(3)14)13-10(15)4-5-11(13)16;/h7-12,16-17,20-21,24H,5-6,13-15,30H2,1-4H3,(H,33,39)(H,34,41)(H,35,40)(H3,31,32,43);8-9,11,13H,5-7,10H2,1-4H3;7-8,10,12,15H,4-6,9H2,1-3H3;4-5,7,9,12H,6H2,1-3H3;1H4. The van der Waals surface area contributed by atoms with Crippen LogP contribution in [0, 0.1) is 11.8 Å². The molecule has 4 aliphatic rings. The number of primary amides is 1. The Morgan fingerprint density at radius 2 is 0.920 bits per heavy atom.